The summed E-state index contributed by atoms with van der Waals surface area (Å²) in [6, 6.07) is 2.03. The Labute approximate surface area is 130 Å². The Morgan fingerprint density at radius 2 is 2.19 bits per heavy atom. The molecule has 2 N–H and O–H groups in total. The summed E-state index contributed by atoms with van der Waals surface area (Å²) in [5, 5.41) is 16.9. The van der Waals surface area contributed by atoms with E-state index in [1.54, 1.807) is 11.3 Å². The van der Waals surface area contributed by atoms with Gasteiger partial charge in [0.1, 0.15) is 0 Å². The van der Waals surface area contributed by atoms with Crippen LogP contribution in [0.25, 0.3) is 0 Å². The molecule has 0 spiro atoms. The van der Waals surface area contributed by atoms with Gasteiger partial charge in [0.2, 0.25) is 5.91 Å². The van der Waals surface area contributed by atoms with Crippen molar-refractivity contribution in [1.82, 2.24) is 10.2 Å². The number of amides is 1. The minimum Gasteiger partial charge on any atom is -0.396 e. The summed E-state index contributed by atoms with van der Waals surface area (Å²) >= 11 is 1.65. The highest BCUT2D eigenvalue weighted by Crippen LogP contribution is 2.32. The molecule has 0 radical (unpaired) electrons. The van der Waals surface area contributed by atoms with Gasteiger partial charge in [0.15, 0.2) is 0 Å². The number of carbonyl (C=O) groups excluding carboxylic acids is 1. The monoisotopic (exact) mass is 308 g/mol. The van der Waals surface area contributed by atoms with E-state index >= 15 is 0 Å². The van der Waals surface area contributed by atoms with Crippen LogP contribution < -0.4 is 5.32 Å². The predicted octanol–water partition coefficient (Wildman–Crippen LogP) is 1.36. The normalized spacial score (nSPS) is 27.2. The molecular formula is C16H24N2O2S. The number of likely N-dealkylation sites (tertiary alicyclic amines) is 1. The number of hydrogen-bond donors (Lipinski definition) is 2. The maximum atomic E-state index is 12.3. The van der Waals surface area contributed by atoms with Gasteiger partial charge in [0, 0.05) is 26.2 Å². The number of aliphatic hydroxyl groups excluding tert-OH is 1. The molecule has 0 saturated carbocycles. The minimum atomic E-state index is 0.259. The zero-order valence-electron chi connectivity index (χ0n) is 12.3. The van der Waals surface area contributed by atoms with Crippen LogP contribution in [0.2, 0.25) is 0 Å². The largest absolute Gasteiger partial charge is 0.396 e. The van der Waals surface area contributed by atoms with Gasteiger partial charge in [-0.15, -0.1) is 0 Å². The van der Waals surface area contributed by atoms with Crippen LogP contribution in [0, 0.1) is 17.8 Å². The van der Waals surface area contributed by atoms with Crippen LogP contribution in [-0.4, -0.2) is 48.7 Å². The van der Waals surface area contributed by atoms with E-state index in [9.17, 15) is 9.90 Å². The Morgan fingerprint density at radius 3 is 2.86 bits per heavy atom. The van der Waals surface area contributed by atoms with Crippen molar-refractivity contribution in [3.05, 3.63) is 22.4 Å². The Morgan fingerprint density at radius 1 is 1.38 bits per heavy atom. The quantitative estimate of drug-likeness (QED) is 0.883. The van der Waals surface area contributed by atoms with Gasteiger partial charge in [-0.25, -0.2) is 0 Å². The van der Waals surface area contributed by atoms with E-state index in [0.29, 0.717) is 24.2 Å². The molecule has 21 heavy (non-hydrogen) atoms. The molecule has 0 aromatic carbocycles. The fourth-order valence-electron chi connectivity index (χ4n) is 3.76. The van der Waals surface area contributed by atoms with Crippen molar-refractivity contribution in [3.63, 3.8) is 0 Å². The van der Waals surface area contributed by atoms with E-state index in [4.69, 9.17) is 0 Å². The molecule has 0 aliphatic carbocycles. The lowest BCUT2D eigenvalue weighted by molar-refractivity contribution is -0.132. The molecule has 4 nitrogen and oxygen atoms in total. The standard InChI is InChI=1S/C16H24N2O2S/c19-10-14-8-17-9-15(14)13-1-4-18(5-2-13)16(20)7-12-3-6-21-11-12/h3,6,11,13-15,17,19H,1-2,4-5,7-10H2/t14-,15-/m0/s1. The van der Waals surface area contributed by atoms with Crippen molar-refractivity contribution in [2.75, 3.05) is 32.8 Å². The molecule has 1 aromatic rings. The zero-order chi connectivity index (χ0) is 14.7. The average Bonchev–Trinajstić information content (AvgIpc) is 3.18. The van der Waals surface area contributed by atoms with E-state index in [0.717, 1.165) is 44.6 Å². The molecule has 2 aliphatic heterocycles. The van der Waals surface area contributed by atoms with E-state index in [1.807, 2.05) is 16.3 Å². The second-order valence-electron chi connectivity index (χ2n) is 6.29. The maximum absolute atomic E-state index is 12.3. The van der Waals surface area contributed by atoms with Crippen molar-refractivity contribution in [2.24, 2.45) is 17.8 Å². The topological polar surface area (TPSA) is 52.6 Å². The smallest absolute Gasteiger partial charge is 0.227 e. The molecule has 0 bridgehead atoms. The Kier molecular flexibility index (Phi) is 4.93. The Hall–Kier alpha value is -0.910. The molecule has 3 heterocycles. The van der Waals surface area contributed by atoms with Crippen LogP contribution in [0.15, 0.2) is 16.8 Å². The molecule has 116 valence electrons. The van der Waals surface area contributed by atoms with Crippen LogP contribution in [0.3, 0.4) is 0 Å². The van der Waals surface area contributed by atoms with Crippen LogP contribution in [-0.2, 0) is 11.2 Å². The lowest BCUT2D eigenvalue weighted by Crippen LogP contribution is -2.42. The SMILES string of the molecule is O=C(Cc1ccsc1)N1CCC([C@@H]2CNC[C@H]2CO)CC1. The lowest BCUT2D eigenvalue weighted by Gasteiger charge is -2.36. The highest BCUT2D eigenvalue weighted by atomic mass is 32.1. The van der Waals surface area contributed by atoms with Crippen molar-refractivity contribution < 1.29 is 9.90 Å². The fourth-order valence-corrected chi connectivity index (χ4v) is 4.43. The van der Waals surface area contributed by atoms with Crippen molar-refractivity contribution in [2.45, 2.75) is 19.3 Å². The van der Waals surface area contributed by atoms with E-state index < -0.39 is 0 Å². The molecule has 2 fully saturated rings. The zero-order valence-corrected chi connectivity index (χ0v) is 13.1. The summed E-state index contributed by atoms with van der Waals surface area (Å²) in [7, 11) is 0. The van der Waals surface area contributed by atoms with Gasteiger partial charge in [-0.1, -0.05) is 0 Å². The van der Waals surface area contributed by atoms with Gasteiger partial charge in [-0.2, -0.15) is 11.3 Å². The molecule has 0 unspecified atom stereocenters. The third kappa shape index (κ3) is 3.47. The average molecular weight is 308 g/mol. The number of hydrogen-bond acceptors (Lipinski definition) is 4. The van der Waals surface area contributed by atoms with Gasteiger partial charge in [-0.05, 0) is 59.5 Å². The number of rotatable bonds is 4. The summed E-state index contributed by atoms with van der Waals surface area (Å²) in [6.45, 7) is 4.01. The number of carbonyl (C=O) groups is 1. The predicted molar refractivity (Wildman–Crippen MR) is 84.3 cm³/mol. The maximum Gasteiger partial charge on any atom is 0.227 e. The molecule has 2 saturated heterocycles. The molecule has 1 aromatic heterocycles. The van der Waals surface area contributed by atoms with Gasteiger partial charge >= 0.3 is 0 Å². The summed E-state index contributed by atoms with van der Waals surface area (Å²) in [4.78, 5) is 14.3. The molecule has 3 rings (SSSR count). The number of nitrogens with one attached hydrogen (secondary N) is 1. The Bertz CT molecular complexity index is 455. The first-order chi connectivity index (χ1) is 10.3. The fraction of sp³-hybridized carbons (Fsp3) is 0.688. The molecule has 5 heteroatoms. The number of piperidine rings is 1. The molecule has 2 atom stereocenters. The summed E-state index contributed by atoms with van der Waals surface area (Å²) < 4.78 is 0. The van der Waals surface area contributed by atoms with Gasteiger partial charge < -0.3 is 15.3 Å². The van der Waals surface area contributed by atoms with Crippen molar-refractivity contribution in [1.29, 1.82) is 0 Å². The Balaban J connectivity index is 1.49. The van der Waals surface area contributed by atoms with E-state index in [1.165, 1.54) is 0 Å². The van der Waals surface area contributed by atoms with Crippen molar-refractivity contribution >= 4 is 17.2 Å². The van der Waals surface area contributed by atoms with E-state index in [-0.39, 0.29) is 12.5 Å². The van der Waals surface area contributed by atoms with Gasteiger partial charge in [-0.3, -0.25) is 4.79 Å². The number of nitrogens with zero attached hydrogens (tertiary/aromatic N) is 1. The van der Waals surface area contributed by atoms with Crippen LogP contribution in [0.5, 0.6) is 0 Å². The second-order valence-corrected chi connectivity index (χ2v) is 7.07. The summed E-state index contributed by atoms with van der Waals surface area (Å²) in [6.07, 6.45) is 2.70. The van der Waals surface area contributed by atoms with E-state index in [2.05, 4.69) is 10.7 Å². The number of thiophene rings is 1. The first-order valence-electron chi connectivity index (χ1n) is 7.88. The van der Waals surface area contributed by atoms with Crippen LogP contribution >= 0.6 is 11.3 Å². The first kappa shape index (κ1) is 15.0. The summed E-state index contributed by atoms with van der Waals surface area (Å²) in [5.74, 6) is 1.91. The second kappa shape index (κ2) is 6.90. The van der Waals surface area contributed by atoms with Gasteiger partial charge in [0.25, 0.3) is 0 Å². The lowest BCUT2D eigenvalue weighted by atomic mass is 9.79. The van der Waals surface area contributed by atoms with Crippen LogP contribution in [0.1, 0.15) is 18.4 Å². The summed E-state index contributed by atoms with van der Waals surface area (Å²) in [5.41, 5.74) is 1.13. The number of aliphatic hydroxyl groups is 1. The third-order valence-electron chi connectivity index (χ3n) is 5.06. The van der Waals surface area contributed by atoms with Crippen molar-refractivity contribution in [3.8, 4) is 0 Å². The highest BCUT2D eigenvalue weighted by molar-refractivity contribution is 7.07. The van der Waals surface area contributed by atoms with Crippen LogP contribution in [0.4, 0.5) is 0 Å². The molecular weight excluding hydrogens is 284 g/mol. The molecule has 1 amide bonds. The first-order valence-corrected chi connectivity index (χ1v) is 8.82. The molecule has 2 aliphatic rings. The minimum absolute atomic E-state index is 0.259. The highest BCUT2D eigenvalue weighted by Gasteiger charge is 2.35. The third-order valence-corrected chi connectivity index (χ3v) is 5.79. The van der Waals surface area contributed by atoms with Gasteiger partial charge in [0.05, 0.1) is 6.42 Å².